The van der Waals surface area contributed by atoms with Gasteiger partial charge in [0, 0.05) is 12.2 Å². The van der Waals surface area contributed by atoms with E-state index in [1.54, 1.807) is 30.3 Å². The molecule has 4 unspecified atom stereocenters. The van der Waals surface area contributed by atoms with Crippen molar-refractivity contribution in [1.29, 1.82) is 0 Å². The summed E-state index contributed by atoms with van der Waals surface area (Å²) in [6.07, 6.45) is -0.295. The Morgan fingerprint density at radius 2 is 1.44 bits per heavy atom. The molecule has 8 N–H and O–H groups in total. The van der Waals surface area contributed by atoms with E-state index in [2.05, 4.69) is 28.6 Å². The zero-order valence-corrected chi connectivity index (χ0v) is 20.1. The number of hydrogen-bond donors (Lipinski definition) is 7. The maximum Gasteiger partial charge on any atom is 0.326 e. The van der Waals surface area contributed by atoms with Crippen molar-refractivity contribution in [1.82, 2.24) is 16.0 Å². The zero-order chi connectivity index (χ0) is 25.8. The first-order valence-corrected chi connectivity index (χ1v) is 11.4. The van der Waals surface area contributed by atoms with Crippen LogP contribution in [0.1, 0.15) is 32.3 Å². The summed E-state index contributed by atoms with van der Waals surface area (Å²) in [4.78, 5) is 61.1. The molecule has 1 rings (SSSR count). The summed E-state index contributed by atoms with van der Waals surface area (Å²) in [7, 11) is 0. The van der Waals surface area contributed by atoms with Crippen LogP contribution in [-0.2, 0) is 30.4 Å². The van der Waals surface area contributed by atoms with Crippen molar-refractivity contribution in [2.75, 3.05) is 5.75 Å². The predicted octanol–water partition coefficient (Wildman–Crippen LogP) is -1.05. The van der Waals surface area contributed by atoms with E-state index >= 15 is 0 Å². The smallest absolute Gasteiger partial charge is 0.326 e. The van der Waals surface area contributed by atoms with Gasteiger partial charge in [-0.2, -0.15) is 12.6 Å². The van der Waals surface area contributed by atoms with Crippen molar-refractivity contribution in [2.45, 2.75) is 57.3 Å². The number of benzene rings is 1. The number of aliphatic carboxylic acids is 1. The summed E-state index contributed by atoms with van der Waals surface area (Å²) < 4.78 is 0. The van der Waals surface area contributed by atoms with Gasteiger partial charge in [-0.25, -0.2) is 4.79 Å². The molecule has 11 nitrogen and oxygen atoms in total. The van der Waals surface area contributed by atoms with E-state index in [1.165, 1.54) is 0 Å². The molecule has 12 heteroatoms. The molecule has 0 fully saturated rings. The van der Waals surface area contributed by atoms with E-state index in [0.717, 1.165) is 0 Å². The second kappa shape index (κ2) is 14.2. The lowest BCUT2D eigenvalue weighted by molar-refractivity contribution is -0.143. The minimum absolute atomic E-state index is 0.00219. The molecule has 1 aromatic rings. The molecular formula is C22H33N5O6S. The molecule has 0 aliphatic heterocycles. The van der Waals surface area contributed by atoms with Gasteiger partial charge in [0.1, 0.15) is 18.1 Å². The molecule has 0 aromatic heterocycles. The minimum atomic E-state index is -1.38. The number of nitrogens with two attached hydrogens (primary N) is 2. The van der Waals surface area contributed by atoms with Crippen LogP contribution in [0.5, 0.6) is 0 Å². The molecule has 0 aliphatic carbocycles. The minimum Gasteiger partial charge on any atom is -0.480 e. The highest BCUT2D eigenvalue weighted by Crippen LogP contribution is 2.08. The summed E-state index contributed by atoms with van der Waals surface area (Å²) in [5.41, 5.74) is 11.5. The molecule has 0 heterocycles. The van der Waals surface area contributed by atoms with Crippen LogP contribution in [0.15, 0.2) is 30.3 Å². The van der Waals surface area contributed by atoms with Gasteiger partial charge in [0.25, 0.3) is 0 Å². The van der Waals surface area contributed by atoms with Crippen LogP contribution >= 0.6 is 12.6 Å². The molecule has 0 radical (unpaired) electrons. The van der Waals surface area contributed by atoms with Crippen LogP contribution in [0.3, 0.4) is 0 Å². The van der Waals surface area contributed by atoms with Gasteiger partial charge < -0.3 is 32.5 Å². The summed E-state index contributed by atoms with van der Waals surface area (Å²) in [5, 5.41) is 16.8. The number of rotatable bonds is 14. The molecule has 0 spiro atoms. The normalized spacial score (nSPS) is 14.4. The van der Waals surface area contributed by atoms with E-state index in [4.69, 9.17) is 11.5 Å². The molecule has 0 bridgehead atoms. The summed E-state index contributed by atoms with van der Waals surface area (Å²) in [6.45, 7) is 3.63. The predicted molar refractivity (Wildman–Crippen MR) is 129 cm³/mol. The van der Waals surface area contributed by atoms with E-state index in [0.29, 0.717) is 5.56 Å². The van der Waals surface area contributed by atoms with Crippen molar-refractivity contribution >= 4 is 42.2 Å². The summed E-state index contributed by atoms with van der Waals surface area (Å²) >= 11 is 3.93. The number of carboxylic acid groups (broad SMARTS) is 1. The van der Waals surface area contributed by atoms with Gasteiger partial charge >= 0.3 is 5.97 Å². The lowest BCUT2D eigenvalue weighted by Gasteiger charge is -2.25. The number of carboxylic acids is 1. The number of carbonyl (C=O) groups is 5. The first-order valence-electron chi connectivity index (χ1n) is 10.8. The van der Waals surface area contributed by atoms with Crippen LogP contribution < -0.4 is 27.4 Å². The van der Waals surface area contributed by atoms with Crippen molar-refractivity contribution < 1.29 is 29.1 Å². The lowest BCUT2D eigenvalue weighted by Crippen LogP contribution is -2.58. The molecule has 0 aliphatic rings. The summed E-state index contributed by atoms with van der Waals surface area (Å²) in [6, 6.07) is 4.01. The Labute approximate surface area is 203 Å². The fourth-order valence-corrected chi connectivity index (χ4v) is 3.23. The van der Waals surface area contributed by atoms with Gasteiger partial charge in [-0.05, 0) is 17.9 Å². The number of hydrogen-bond acceptors (Lipinski definition) is 7. The molecule has 34 heavy (non-hydrogen) atoms. The van der Waals surface area contributed by atoms with E-state index in [9.17, 15) is 29.1 Å². The van der Waals surface area contributed by atoms with Gasteiger partial charge in [-0.15, -0.1) is 0 Å². The number of thiol groups is 1. The maximum atomic E-state index is 13.0. The van der Waals surface area contributed by atoms with E-state index in [1.807, 2.05) is 13.8 Å². The van der Waals surface area contributed by atoms with Gasteiger partial charge in [0.05, 0.1) is 12.5 Å². The molecule has 188 valence electrons. The zero-order valence-electron chi connectivity index (χ0n) is 19.2. The monoisotopic (exact) mass is 495 g/mol. The third-order valence-corrected chi connectivity index (χ3v) is 5.20. The fraction of sp³-hybridized carbons (Fsp3) is 0.500. The van der Waals surface area contributed by atoms with Gasteiger partial charge in [-0.3, -0.25) is 19.2 Å². The Kier molecular flexibility index (Phi) is 12.1. The Bertz CT molecular complexity index is 867. The third kappa shape index (κ3) is 10.2. The van der Waals surface area contributed by atoms with Gasteiger partial charge in [-0.1, -0.05) is 44.2 Å². The van der Waals surface area contributed by atoms with Crippen LogP contribution in [0, 0.1) is 5.92 Å². The molecule has 1 aromatic carbocycles. The van der Waals surface area contributed by atoms with Crippen molar-refractivity contribution in [2.24, 2.45) is 17.4 Å². The quantitative estimate of drug-likeness (QED) is 0.160. The van der Waals surface area contributed by atoms with Crippen LogP contribution in [-0.4, -0.2) is 64.6 Å². The Morgan fingerprint density at radius 1 is 0.912 bits per heavy atom. The lowest BCUT2D eigenvalue weighted by atomic mass is 10.0. The molecule has 0 saturated heterocycles. The number of amides is 4. The van der Waals surface area contributed by atoms with Crippen LogP contribution in [0.4, 0.5) is 0 Å². The van der Waals surface area contributed by atoms with Crippen molar-refractivity contribution in [3.8, 4) is 0 Å². The average molecular weight is 496 g/mol. The van der Waals surface area contributed by atoms with Crippen molar-refractivity contribution in [3.63, 3.8) is 0 Å². The third-order valence-electron chi connectivity index (χ3n) is 4.81. The van der Waals surface area contributed by atoms with E-state index in [-0.39, 0.29) is 24.5 Å². The molecule has 4 atom stereocenters. The Balaban J connectivity index is 3.12. The number of primary amides is 1. The highest BCUT2D eigenvalue weighted by molar-refractivity contribution is 7.80. The summed E-state index contributed by atoms with van der Waals surface area (Å²) in [5.74, 6) is -4.34. The fourth-order valence-electron chi connectivity index (χ4n) is 3.07. The Morgan fingerprint density at radius 3 is 1.94 bits per heavy atom. The standard InChI is InChI=1S/C22H33N5O6S/c1-12(2)8-17(22(32)33)27-20(30)15(9-13-6-4-3-5-7-13)26-21(31)16(10-18(24)28)25-19(29)14(23)11-34/h3-7,12,14-17,34H,8-11,23H2,1-2H3,(H2,24,28)(H,25,29)(H,26,31)(H,27,30)(H,32,33). The highest BCUT2D eigenvalue weighted by atomic mass is 32.1. The molecular weight excluding hydrogens is 462 g/mol. The van der Waals surface area contributed by atoms with E-state index < -0.39 is 60.2 Å². The first-order chi connectivity index (χ1) is 15.9. The van der Waals surface area contributed by atoms with Gasteiger partial charge in [0.2, 0.25) is 23.6 Å². The second-order valence-electron chi connectivity index (χ2n) is 8.30. The largest absolute Gasteiger partial charge is 0.480 e. The second-order valence-corrected chi connectivity index (χ2v) is 8.67. The number of carbonyl (C=O) groups excluding carboxylic acids is 4. The SMILES string of the molecule is CC(C)CC(NC(=O)C(Cc1ccccc1)NC(=O)C(CC(N)=O)NC(=O)C(N)CS)C(=O)O. The van der Waals surface area contributed by atoms with Crippen molar-refractivity contribution in [3.05, 3.63) is 35.9 Å². The highest BCUT2D eigenvalue weighted by Gasteiger charge is 2.31. The molecule has 4 amide bonds. The molecule has 0 saturated carbocycles. The maximum absolute atomic E-state index is 13.0. The Hall–Kier alpha value is -3.12. The average Bonchev–Trinajstić information content (AvgIpc) is 2.76. The van der Waals surface area contributed by atoms with Gasteiger partial charge in [0.15, 0.2) is 0 Å². The van der Waals surface area contributed by atoms with Crippen LogP contribution in [0.2, 0.25) is 0 Å². The van der Waals surface area contributed by atoms with Crippen LogP contribution in [0.25, 0.3) is 0 Å². The number of nitrogens with one attached hydrogen (secondary N) is 3. The first kappa shape index (κ1) is 28.9. The topological polar surface area (TPSA) is 194 Å².